The predicted molar refractivity (Wildman–Crippen MR) is 70.4 cm³/mol. The summed E-state index contributed by atoms with van der Waals surface area (Å²) in [5.74, 6) is 0.101. The third kappa shape index (κ3) is 3.09. The number of aryl methyl sites for hydroxylation is 1. The van der Waals surface area contributed by atoms with Crippen molar-refractivity contribution in [2.75, 3.05) is 0 Å². The van der Waals surface area contributed by atoms with Crippen LogP contribution in [0.1, 0.15) is 21.7 Å². The number of imidazole rings is 1. The molecule has 1 aromatic heterocycles. The van der Waals surface area contributed by atoms with Gasteiger partial charge in [0.05, 0.1) is 12.0 Å². The Kier molecular flexibility index (Phi) is 3.99. The van der Waals surface area contributed by atoms with Crippen molar-refractivity contribution in [3.63, 3.8) is 0 Å². The van der Waals surface area contributed by atoms with Crippen LogP contribution in [-0.4, -0.2) is 15.3 Å². The van der Waals surface area contributed by atoms with Gasteiger partial charge in [-0.1, -0.05) is 22.0 Å². The quantitative estimate of drug-likeness (QED) is 0.795. The largest absolute Gasteiger partial charge is 0.417 e. The molecular formula is C13H10BrF3N2O. The zero-order chi connectivity index (χ0) is 14.9. The topological polar surface area (TPSA) is 34.9 Å². The van der Waals surface area contributed by atoms with Crippen molar-refractivity contribution in [3.8, 4) is 0 Å². The van der Waals surface area contributed by atoms with Gasteiger partial charge >= 0.3 is 6.18 Å². The predicted octanol–water partition coefficient (Wildman–Crippen LogP) is 3.63. The normalized spacial score (nSPS) is 11.7. The van der Waals surface area contributed by atoms with E-state index in [1.54, 1.807) is 17.8 Å². The second-order valence-electron chi connectivity index (χ2n) is 4.25. The second-order valence-corrected chi connectivity index (χ2v) is 5.10. The number of ketones is 1. The minimum absolute atomic E-state index is 0.0172. The summed E-state index contributed by atoms with van der Waals surface area (Å²) in [5, 5.41) is 0. The summed E-state index contributed by atoms with van der Waals surface area (Å²) in [6, 6.07) is 3.45. The van der Waals surface area contributed by atoms with Gasteiger partial charge in [-0.05, 0) is 12.1 Å². The molecule has 0 saturated carbocycles. The van der Waals surface area contributed by atoms with Gasteiger partial charge in [0, 0.05) is 29.5 Å². The maximum atomic E-state index is 12.8. The lowest BCUT2D eigenvalue weighted by molar-refractivity contribution is -0.138. The molecule has 0 fully saturated rings. The lowest BCUT2D eigenvalue weighted by Crippen LogP contribution is -2.11. The number of rotatable bonds is 3. The Morgan fingerprint density at radius 3 is 2.65 bits per heavy atom. The highest BCUT2D eigenvalue weighted by atomic mass is 79.9. The van der Waals surface area contributed by atoms with Gasteiger partial charge in [0.15, 0.2) is 5.78 Å². The van der Waals surface area contributed by atoms with E-state index >= 15 is 0 Å². The Bertz CT molecular complexity index is 649. The van der Waals surface area contributed by atoms with Gasteiger partial charge < -0.3 is 4.57 Å². The van der Waals surface area contributed by atoms with Crippen LogP contribution >= 0.6 is 15.9 Å². The number of alkyl halides is 3. The summed E-state index contributed by atoms with van der Waals surface area (Å²) in [6.07, 6.45) is -1.34. The first-order valence-electron chi connectivity index (χ1n) is 5.65. The fourth-order valence-electron chi connectivity index (χ4n) is 1.73. The first kappa shape index (κ1) is 14.8. The van der Waals surface area contributed by atoms with Crippen molar-refractivity contribution in [1.82, 2.24) is 9.55 Å². The highest BCUT2D eigenvalue weighted by Crippen LogP contribution is 2.35. The van der Waals surface area contributed by atoms with Crippen molar-refractivity contribution in [1.29, 1.82) is 0 Å². The molecule has 1 heterocycles. The molecule has 0 N–H and O–H groups in total. The number of benzene rings is 1. The summed E-state index contributed by atoms with van der Waals surface area (Å²) in [7, 11) is 1.72. The van der Waals surface area contributed by atoms with Gasteiger partial charge in [-0.15, -0.1) is 0 Å². The molecule has 106 valence electrons. The van der Waals surface area contributed by atoms with Crippen molar-refractivity contribution in [3.05, 3.63) is 52.0 Å². The van der Waals surface area contributed by atoms with Crippen LogP contribution in [0.15, 0.2) is 35.1 Å². The smallest absolute Gasteiger partial charge is 0.338 e. The van der Waals surface area contributed by atoms with Gasteiger partial charge in [0.25, 0.3) is 0 Å². The van der Waals surface area contributed by atoms with Gasteiger partial charge in [-0.3, -0.25) is 4.79 Å². The Hall–Kier alpha value is -1.63. The summed E-state index contributed by atoms with van der Waals surface area (Å²) < 4.78 is 39.9. The SMILES string of the molecule is Cn1ccnc1CC(=O)c1ccc(Br)c(C(F)(F)F)c1. The molecule has 7 heteroatoms. The van der Waals surface area contributed by atoms with Crippen LogP contribution in [-0.2, 0) is 19.6 Å². The highest BCUT2D eigenvalue weighted by molar-refractivity contribution is 9.10. The summed E-state index contributed by atoms with van der Waals surface area (Å²) in [5.41, 5.74) is -0.841. The average Bonchev–Trinajstić information content (AvgIpc) is 2.74. The molecule has 0 aliphatic carbocycles. The monoisotopic (exact) mass is 346 g/mol. The molecule has 0 amide bonds. The summed E-state index contributed by atoms with van der Waals surface area (Å²) in [4.78, 5) is 16.0. The minimum atomic E-state index is -4.50. The van der Waals surface area contributed by atoms with E-state index in [9.17, 15) is 18.0 Å². The first-order valence-corrected chi connectivity index (χ1v) is 6.44. The van der Waals surface area contributed by atoms with Gasteiger partial charge in [0.2, 0.25) is 0 Å². The number of hydrogen-bond donors (Lipinski definition) is 0. The fourth-order valence-corrected chi connectivity index (χ4v) is 2.20. The van der Waals surface area contributed by atoms with Gasteiger partial charge in [-0.25, -0.2) is 4.98 Å². The number of carbonyl (C=O) groups is 1. The van der Waals surface area contributed by atoms with Crippen molar-refractivity contribution in [2.45, 2.75) is 12.6 Å². The van der Waals surface area contributed by atoms with Crippen LogP contribution in [0.5, 0.6) is 0 Å². The molecule has 0 saturated heterocycles. The van der Waals surface area contributed by atoms with E-state index in [0.717, 1.165) is 6.07 Å². The van der Waals surface area contributed by atoms with Crippen LogP contribution in [0.3, 0.4) is 0 Å². The van der Waals surface area contributed by atoms with E-state index in [1.807, 2.05) is 0 Å². The highest BCUT2D eigenvalue weighted by Gasteiger charge is 2.33. The van der Waals surface area contributed by atoms with Crippen LogP contribution in [0.4, 0.5) is 13.2 Å². The maximum Gasteiger partial charge on any atom is 0.417 e. The number of halogens is 4. The second kappa shape index (κ2) is 5.40. The Labute approximate surface area is 121 Å². The number of hydrogen-bond acceptors (Lipinski definition) is 2. The van der Waals surface area contributed by atoms with E-state index in [2.05, 4.69) is 20.9 Å². The zero-order valence-corrected chi connectivity index (χ0v) is 12.0. The zero-order valence-electron chi connectivity index (χ0n) is 10.4. The summed E-state index contributed by atoms with van der Waals surface area (Å²) >= 11 is 2.84. The molecule has 2 rings (SSSR count). The molecule has 3 nitrogen and oxygen atoms in total. The molecule has 1 aromatic carbocycles. The van der Waals surface area contributed by atoms with Crippen LogP contribution in [0, 0.1) is 0 Å². The van der Waals surface area contributed by atoms with Crippen LogP contribution < -0.4 is 0 Å². The van der Waals surface area contributed by atoms with E-state index in [-0.39, 0.29) is 16.5 Å². The molecule has 0 bridgehead atoms. The lowest BCUT2D eigenvalue weighted by atomic mass is 10.0. The summed E-state index contributed by atoms with van der Waals surface area (Å²) in [6.45, 7) is 0. The Morgan fingerprint density at radius 1 is 1.40 bits per heavy atom. The minimum Gasteiger partial charge on any atom is -0.338 e. The van der Waals surface area contributed by atoms with Gasteiger partial charge in [-0.2, -0.15) is 13.2 Å². The number of Topliss-reactive ketones (excluding diaryl/α,β-unsaturated/α-hetero) is 1. The number of nitrogens with zero attached hydrogens (tertiary/aromatic N) is 2. The van der Waals surface area contributed by atoms with Crippen molar-refractivity contribution >= 4 is 21.7 Å². The van der Waals surface area contributed by atoms with Crippen molar-refractivity contribution < 1.29 is 18.0 Å². The van der Waals surface area contributed by atoms with Crippen molar-refractivity contribution in [2.24, 2.45) is 7.05 Å². The lowest BCUT2D eigenvalue weighted by Gasteiger charge is -2.10. The number of aromatic nitrogens is 2. The average molecular weight is 347 g/mol. The molecule has 2 aromatic rings. The van der Waals surface area contributed by atoms with Gasteiger partial charge in [0.1, 0.15) is 5.82 Å². The maximum absolute atomic E-state index is 12.8. The standard InChI is InChI=1S/C13H10BrF3N2O/c1-19-5-4-18-12(19)7-11(20)8-2-3-10(14)9(6-8)13(15,16)17/h2-6H,7H2,1H3. The molecule has 0 unspecified atom stereocenters. The fraction of sp³-hybridized carbons (Fsp3) is 0.231. The molecular weight excluding hydrogens is 337 g/mol. The Balaban J connectivity index is 2.29. The Morgan fingerprint density at radius 2 is 2.10 bits per heavy atom. The molecule has 0 aliphatic rings. The first-order chi connectivity index (χ1) is 9.29. The van der Waals surface area contributed by atoms with E-state index < -0.39 is 17.5 Å². The molecule has 0 atom stereocenters. The van der Waals surface area contributed by atoms with E-state index in [1.165, 1.54) is 18.3 Å². The number of carbonyl (C=O) groups excluding carboxylic acids is 1. The van der Waals surface area contributed by atoms with Crippen LogP contribution in [0.25, 0.3) is 0 Å². The van der Waals surface area contributed by atoms with E-state index in [0.29, 0.717) is 5.82 Å². The van der Waals surface area contributed by atoms with Crippen LogP contribution in [0.2, 0.25) is 0 Å². The molecule has 0 aliphatic heterocycles. The molecule has 20 heavy (non-hydrogen) atoms. The third-order valence-electron chi connectivity index (χ3n) is 2.83. The molecule has 0 spiro atoms. The van der Waals surface area contributed by atoms with E-state index in [4.69, 9.17) is 0 Å². The third-order valence-corrected chi connectivity index (χ3v) is 3.52. The molecule has 0 radical (unpaired) electrons.